The number of ether oxygens (including phenoxy) is 1. The smallest absolute Gasteiger partial charge is 0.263 e. The van der Waals surface area contributed by atoms with Crippen LogP contribution in [0.5, 0.6) is 0 Å². The van der Waals surface area contributed by atoms with E-state index in [-0.39, 0.29) is 11.5 Å². The Hall–Kier alpha value is -1.54. The molecule has 0 aromatic carbocycles. The lowest BCUT2D eigenvalue weighted by atomic mass is 10.2. The zero-order valence-electron chi connectivity index (χ0n) is 10.2. The monoisotopic (exact) mass is 237 g/mol. The Balaban J connectivity index is 2.48. The highest BCUT2D eigenvalue weighted by Crippen LogP contribution is 2.02. The van der Waals surface area contributed by atoms with Gasteiger partial charge in [0.25, 0.3) is 5.91 Å². The summed E-state index contributed by atoms with van der Waals surface area (Å²) in [7, 11) is 0. The van der Waals surface area contributed by atoms with E-state index in [1.54, 1.807) is 6.20 Å². The average molecular weight is 237 g/mol. The van der Waals surface area contributed by atoms with Crippen molar-refractivity contribution in [2.75, 3.05) is 32.8 Å². The summed E-state index contributed by atoms with van der Waals surface area (Å²) in [5, 5.41) is 11.7. The van der Waals surface area contributed by atoms with Crippen molar-refractivity contribution >= 4 is 5.91 Å². The van der Waals surface area contributed by atoms with Crippen molar-refractivity contribution in [3.05, 3.63) is 11.8 Å². The number of hydrogen-bond acceptors (Lipinski definition) is 4. The van der Waals surface area contributed by atoms with Gasteiger partial charge in [0.05, 0.1) is 13.2 Å². The van der Waals surface area contributed by atoms with Crippen molar-refractivity contribution in [3.63, 3.8) is 0 Å². The van der Waals surface area contributed by atoms with Crippen molar-refractivity contribution in [3.8, 4) is 6.07 Å². The SMILES string of the molecule is CCCCNC(=O)/C(C#N)=C\N1CCOCC1. The molecule has 0 spiro atoms. The lowest BCUT2D eigenvalue weighted by Crippen LogP contribution is -2.34. The largest absolute Gasteiger partial charge is 0.378 e. The second kappa shape index (κ2) is 7.69. The molecule has 1 saturated heterocycles. The maximum Gasteiger partial charge on any atom is 0.263 e. The summed E-state index contributed by atoms with van der Waals surface area (Å²) in [6.07, 6.45) is 3.58. The molecule has 1 heterocycles. The topological polar surface area (TPSA) is 65.4 Å². The second-order valence-corrected chi connectivity index (χ2v) is 3.91. The van der Waals surface area contributed by atoms with Gasteiger partial charge in [0.15, 0.2) is 0 Å². The standard InChI is InChI=1S/C12H19N3O2/c1-2-3-4-14-12(16)11(9-13)10-15-5-7-17-8-6-15/h10H,2-8H2,1H3,(H,14,16)/b11-10-. The van der Waals surface area contributed by atoms with Crippen LogP contribution >= 0.6 is 0 Å². The molecule has 94 valence electrons. The van der Waals surface area contributed by atoms with Gasteiger partial charge in [-0.25, -0.2) is 0 Å². The van der Waals surface area contributed by atoms with Gasteiger partial charge in [0.2, 0.25) is 0 Å². The first-order chi connectivity index (χ1) is 8.27. The average Bonchev–Trinajstić information content (AvgIpc) is 2.37. The highest BCUT2D eigenvalue weighted by atomic mass is 16.5. The molecule has 1 fully saturated rings. The molecule has 1 N–H and O–H groups in total. The third-order valence-corrected chi connectivity index (χ3v) is 2.54. The van der Waals surface area contributed by atoms with Crippen LogP contribution in [0.2, 0.25) is 0 Å². The maximum atomic E-state index is 11.7. The number of rotatable bonds is 5. The molecule has 1 rings (SSSR count). The Labute approximate surface area is 102 Å². The number of nitrogens with one attached hydrogen (secondary N) is 1. The van der Waals surface area contributed by atoms with Crippen molar-refractivity contribution in [2.24, 2.45) is 0 Å². The fourth-order valence-electron chi connectivity index (χ4n) is 1.50. The number of morpholine rings is 1. The fraction of sp³-hybridized carbons (Fsp3) is 0.667. The first-order valence-electron chi connectivity index (χ1n) is 6.00. The van der Waals surface area contributed by atoms with Gasteiger partial charge in [0, 0.05) is 25.8 Å². The molecule has 0 aliphatic carbocycles. The minimum Gasteiger partial charge on any atom is -0.378 e. The van der Waals surface area contributed by atoms with Gasteiger partial charge in [-0.15, -0.1) is 0 Å². The van der Waals surface area contributed by atoms with E-state index in [0.29, 0.717) is 19.8 Å². The van der Waals surface area contributed by atoms with Crippen molar-refractivity contribution in [2.45, 2.75) is 19.8 Å². The molecule has 1 amide bonds. The molecule has 0 bridgehead atoms. The number of unbranched alkanes of at least 4 members (excludes halogenated alkanes) is 1. The number of carbonyl (C=O) groups is 1. The van der Waals surface area contributed by atoms with Gasteiger partial charge < -0.3 is 15.0 Å². The van der Waals surface area contributed by atoms with Crippen molar-refractivity contribution < 1.29 is 9.53 Å². The normalized spacial score (nSPS) is 16.5. The van der Waals surface area contributed by atoms with E-state index in [2.05, 4.69) is 12.2 Å². The minimum atomic E-state index is -0.285. The molecule has 17 heavy (non-hydrogen) atoms. The first kappa shape index (κ1) is 13.5. The summed E-state index contributed by atoms with van der Waals surface area (Å²) >= 11 is 0. The van der Waals surface area contributed by atoms with E-state index < -0.39 is 0 Å². The maximum absolute atomic E-state index is 11.7. The van der Waals surface area contributed by atoms with Gasteiger partial charge in [-0.05, 0) is 6.42 Å². The zero-order chi connectivity index (χ0) is 12.5. The van der Waals surface area contributed by atoms with Gasteiger partial charge in [0.1, 0.15) is 11.6 Å². The molecule has 5 nitrogen and oxygen atoms in total. The number of nitrogens with zero attached hydrogens (tertiary/aromatic N) is 2. The summed E-state index contributed by atoms with van der Waals surface area (Å²) in [6, 6.07) is 1.94. The fourth-order valence-corrected chi connectivity index (χ4v) is 1.50. The predicted molar refractivity (Wildman–Crippen MR) is 64.0 cm³/mol. The summed E-state index contributed by atoms with van der Waals surface area (Å²) < 4.78 is 5.20. The van der Waals surface area contributed by atoms with Crippen LogP contribution in [0.15, 0.2) is 11.8 Å². The number of amides is 1. The second-order valence-electron chi connectivity index (χ2n) is 3.91. The van der Waals surface area contributed by atoms with E-state index in [1.807, 2.05) is 11.0 Å². The van der Waals surface area contributed by atoms with E-state index >= 15 is 0 Å². The first-order valence-corrected chi connectivity index (χ1v) is 6.00. The molecular weight excluding hydrogens is 218 g/mol. The Morgan fingerprint density at radius 1 is 1.53 bits per heavy atom. The van der Waals surface area contributed by atoms with Crippen LogP contribution < -0.4 is 5.32 Å². The van der Waals surface area contributed by atoms with Crippen LogP contribution in [0, 0.1) is 11.3 Å². The lowest BCUT2D eigenvalue weighted by molar-refractivity contribution is -0.117. The van der Waals surface area contributed by atoms with Crippen molar-refractivity contribution in [1.82, 2.24) is 10.2 Å². The molecule has 0 radical (unpaired) electrons. The third-order valence-electron chi connectivity index (χ3n) is 2.54. The Bertz CT molecular complexity index is 314. The molecule has 0 unspecified atom stereocenters. The molecule has 0 atom stereocenters. The molecule has 5 heteroatoms. The predicted octanol–water partition coefficient (Wildman–Crippen LogP) is 0.642. The molecular formula is C12H19N3O2. The lowest BCUT2D eigenvalue weighted by Gasteiger charge is -2.25. The van der Waals surface area contributed by atoms with Crippen LogP contribution in [0.4, 0.5) is 0 Å². The van der Waals surface area contributed by atoms with Crippen LogP contribution in [0.1, 0.15) is 19.8 Å². The molecule has 0 aromatic heterocycles. The van der Waals surface area contributed by atoms with E-state index in [4.69, 9.17) is 10.00 Å². The minimum absolute atomic E-state index is 0.169. The number of hydrogen-bond donors (Lipinski definition) is 1. The Morgan fingerprint density at radius 3 is 2.82 bits per heavy atom. The summed E-state index contributed by atoms with van der Waals surface area (Å²) in [5.74, 6) is -0.285. The van der Waals surface area contributed by atoms with E-state index in [9.17, 15) is 4.79 Å². The van der Waals surface area contributed by atoms with E-state index in [0.717, 1.165) is 25.9 Å². The molecule has 1 aliphatic heterocycles. The molecule has 1 aliphatic rings. The van der Waals surface area contributed by atoms with Crippen LogP contribution in [-0.2, 0) is 9.53 Å². The van der Waals surface area contributed by atoms with Crippen LogP contribution in [0.3, 0.4) is 0 Å². The molecule has 0 saturated carbocycles. The van der Waals surface area contributed by atoms with Crippen molar-refractivity contribution in [1.29, 1.82) is 5.26 Å². The quantitative estimate of drug-likeness (QED) is 0.433. The van der Waals surface area contributed by atoms with Crippen LogP contribution in [-0.4, -0.2) is 43.7 Å². The van der Waals surface area contributed by atoms with Crippen LogP contribution in [0.25, 0.3) is 0 Å². The van der Waals surface area contributed by atoms with E-state index in [1.165, 1.54) is 0 Å². The summed E-state index contributed by atoms with van der Waals surface area (Å²) in [5.41, 5.74) is 0.169. The summed E-state index contributed by atoms with van der Waals surface area (Å²) in [6.45, 7) is 5.43. The van der Waals surface area contributed by atoms with Gasteiger partial charge in [-0.2, -0.15) is 5.26 Å². The summed E-state index contributed by atoms with van der Waals surface area (Å²) in [4.78, 5) is 13.6. The Kier molecular flexibility index (Phi) is 6.12. The Morgan fingerprint density at radius 2 is 2.24 bits per heavy atom. The number of carbonyl (C=O) groups excluding carboxylic acids is 1. The zero-order valence-corrected chi connectivity index (χ0v) is 10.2. The third kappa shape index (κ3) is 4.87. The highest BCUT2D eigenvalue weighted by Gasteiger charge is 2.12. The highest BCUT2D eigenvalue weighted by molar-refractivity contribution is 5.97. The van der Waals surface area contributed by atoms with Gasteiger partial charge in [-0.1, -0.05) is 13.3 Å². The number of nitriles is 1. The van der Waals surface area contributed by atoms with Gasteiger partial charge >= 0.3 is 0 Å². The van der Waals surface area contributed by atoms with Gasteiger partial charge in [-0.3, -0.25) is 4.79 Å². The molecule has 0 aromatic rings.